The molecule has 18 heavy (non-hydrogen) atoms. The van der Waals surface area contributed by atoms with Crippen LogP contribution in [-0.2, 0) is 9.59 Å². The Hall–Kier alpha value is -0.860. The lowest BCUT2D eigenvalue weighted by Crippen LogP contribution is -2.37. The molecule has 3 rings (SSSR count). The number of carbonyl (C=O) groups is 2. The number of amides is 2. The van der Waals surface area contributed by atoms with Crippen LogP contribution in [0.15, 0.2) is 0 Å². The Kier molecular flexibility index (Phi) is 3.16. The summed E-state index contributed by atoms with van der Waals surface area (Å²) in [7, 11) is 0. The van der Waals surface area contributed by atoms with E-state index in [-0.39, 0.29) is 23.7 Å². The van der Waals surface area contributed by atoms with E-state index in [0.29, 0.717) is 18.4 Å². The largest absolute Gasteiger partial charge is 0.282 e. The first kappa shape index (κ1) is 12.2. The van der Waals surface area contributed by atoms with Crippen molar-refractivity contribution in [2.45, 2.75) is 51.9 Å². The highest BCUT2D eigenvalue weighted by Crippen LogP contribution is 2.43. The van der Waals surface area contributed by atoms with Gasteiger partial charge in [-0.25, -0.2) is 0 Å². The average Bonchev–Trinajstić information content (AvgIpc) is 2.85. The molecular formula is C15H23NO2. The van der Waals surface area contributed by atoms with E-state index in [1.54, 1.807) is 4.90 Å². The Bertz CT molecular complexity index is 336. The van der Waals surface area contributed by atoms with Gasteiger partial charge in [0, 0.05) is 6.54 Å². The third kappa shape index (κ3) is 1.98. The predicted molar refractivity (Wildman–Crippen MR) is 68.7 cm³/mol. The van der Waals surface area contributed by atoms with Gasteiger partial charge in [0.2, 0.25) is 11.8 Å². The molecule has 3 nitrogen and oxygen atoms in total. The van der Waals surface area contributed by atoms with Crippen molar-refractivity contribution in [1.82, 2.24) is 4.90 Å². The average molecular weight is 249 g/mol. The molecule has 0 spiro atoms. The fourth-order valence-electron chi connectivity index (χ4n) is 4.15. The van der Waals surface area contributed by atoms with E-state index in [1.165, 1.54) is 32.1 Å². The minimum atomic E-state index is 0.0242. The molecule has 0 aromatic heterocycles. The quantitative estimate of drug-likeness (QED) is 0.705. The Labute approximate surface area is 109 Å². The Morgan fingerprint density at radius 3 is 2.11 bits per heavy atom. The zero-order valence-corrected chi connectivity index (χ0v) is 11.2. The minimum Gasteiger partial charge on any atom is -0.282 e. The summed E-state index contributed by atoms with van der Waals surface area (Å²) < 4.78 is 0. The van der Waals surface area contributed by atoms with Crippen LogP contribution >= 0.6 is 0 Å². The molecule has 2 saturated carbocycles. The van der Waals surface area contributed by atoms with Crippen molar-refractivity contribution in [1.29, 1.82) is 0 Å². The van der Waals surface area contributed by atoms with Crippen LogP contribution in [-0.4, -0.2) is 23.3 Å². The maximum Gasteiger partial charge on any atom is 0.233 e. The lowest BCUT2D eigenvalue weighted by Gasteiger charge is -2.26. The van der Waals surface area contributed by atoms with Crippen molar-refractivity contribution in [3.05, 3.63) is 0 Å². The van der Waals surface area contributed by atoms with Crippen LogP contribution in [0, 0.1) is 23.7 Å². The second-order valence-corrected chi connectivity index (χ2v) is 6.58. The molecule has 0 bridgehead atoms. The van der Waals surface area contributed by atoms with Crippen LogP contribution in [0.1, 0.15) is 51.9 Å². The van der Waals surface area contributed by atoms with Crippen LogP contribution in [0.4, 0.5) is 0 Å². The monoisotopic (exact) mass is 249 g/mol. The molecule has 0 aromatic rings. The van der Waals surface area contributed by atoms with Crippen LogP contribution in [0.25, 0.3) is 0 Å². The predicted octanol–water partition coefficient (Wildman–Crippen LogP) is 2.60. The zero-order valence-electron chi connectivity index (χ0n) is 11.2. The summed E-state index contributed by atoms with van der Waals surface area (Å²) >= 11 is 0. The molecule has 1 heterocycles. The molecule has 2 atom stereocenters. The maximum atomic E-state index is 12.3. The number of rotatable bonds is 2. The first-order valence-electron chi connectivity index (χ1n) is 7.52. The third-order valence-electron chi connectivity index (χ3n) is 5.13. The van der Waals surface area contributed by atoms with Gasteiger partial charge >= 0.3 is 0 Å². The second kappa shape index (κ2) is 4.67. The van der Waals surface area contributed by atoms with Gasteiger partial charge in [-0.2, -0.15) is 0 Å². The molecule has 100 valence electrons. The molecule has 2 amide bonds. The van der Waals surface area contributed by atoms with Crippen molar-refractivity contribution >= 4 is 11.8 Å². The van der Waals surface area contributed by atoms with E-state index in [0.717, 1.165) is 12.8 Å². The second-order valence-electron chi connectivity index (χ2n) is 6.58. The number of carbonyl (C=O) groups excluding carboxylic acids is 2. The molecule has 1 saturated heterocycles. The summed E-state index contributed by atoms with van der Waals surface area (Å²) in [4.78, 5) is 26.3. The van der Waals surface area contributed by atoms with Gasteiger partial charge in [0.15, 0.2) is 0 Å². The molecule has 2 unspecified atom stereocenters. The summed E-state index contributed by atoms with van der Waals surface area (Å²) in [6.07, 6.45) is 8.11. The topological polar surface area (TPSA) is 37.4 Å². The van der Waals surface area contributed by atoms with Gasteiger partial charge in [0.05, 0.1) is 11.8 Å². The summed E-state index contributed by atoms with van der Waals surface area (Å²) in [5.41, 5.74) is 0. The Morgan fingerprint density at radius 1 is 1.00 bits per heavy atom. The van der Waals surface area contributed by atoms with Gasteiger partial charge in [-0.1, -0.05) is 26.2 Å². The van der Waals surface area contributed by atoms with E-state index < -0.39 is 0 Å². The standard InChI is InChI=1S/C15H23NO2/c1-10-7-12-13(8-10)15(18)16(14(12)17)9-11-5-3-2-4-6-11/h10-13H,2-9H2,1H3. The smallest absolute Gasteiger partial charge is 0.233 e. The van der Waals surface area contributed by atoms with Crippen molar-refractivity contribution in [3.8, 4) is 0 Å². The van der Waals surface area contributed by atoms with Crippen molar-refractivity contribution in [3.63, 3.8) is 0 Å². The molecule has 3 aliphatic rings. The van der Waals surface area contributed by atoms with Gasteiger partial charge in [-0.05, 0) is 37.5 Å². The summed E-state index contributed by atoms with van der Waals surface area (Å²) in [5, 5.41) is 0. The summed E-state index contributed by atoms with van der Waals surface area (Å²) in [5.74, 6) is 1.44. The highest BCUT2D eigenvalue weighted by atomic mass is 16.2. The number of hydrogen-bond donors (Lipinski definition) is 0. The Balaban J connectivity index is 1.67. The van der Waals surface area contributed by atoms with Gasteiger partial charge in [-0.3, -0.25) is 14.5 Å². The number of hydrogen-bond acceptors (Lipinski definition) is 2. The lowest BCUT2D eigenvalue weighted by molar-refractivity contribution is -0.141. The van der Waals surface area contributed by atoms with E-state index in [1.807, 2.05) is 0 Å². The fourth-order valence-corrected chi connectivity index (χ4v) is 4.15. The van der Waals surface area contributed by atoms with E-state index in [2.05, 4.69) is 6.92 Å². The van der Waals surface area contributed by atoms with Crippen LogP contribution in [0.3, 0.4) is 0 Å². The molecule has 1 aliphatic heterocycles. The van der Waals surface area contributed by atoms with Crippen LogP contribution in [0.5, 0.6) is 0 Å². The third-order valence-corrected chi connectivity index (χ3v) is 5.13. The summed E-state index contributed by atoms with van der Waals surface area (Å²) in [6.45, 7) is 2.86. The van der Waals surface area contributed by atoms with Gasteiger partial charge in [0.25, 0.3) is 0 Å². The van der Waals surface area contributed by atoms with Crippen molar-refractivity contribution < 1.29 is 9.59 Å². The van der Waals surface area contributed by atoms with Gasteiger partial charge < -0.3 is 0 Å². The van der Waals surface area contributed by atoms with Gasteiger partial charge in [0.1, 0.15) is 0 Å². The summed E-state index contributed by atoms with van der Waals surface area (Å²) in [6, 6.07) is 0. The van der Waals surface area contributed by atoms with Crippen molar-refractivity contribution in [2.75, 3.05) is 6.54 Å². The number of fused-ring (bicyclic) bond motifs is 1. The minimum absolute atomic E-state index is 0.0242. The normalized spacial score (nSPS) is 37.4. The highest BCUT2D eigenvalue weighted by molar-refractivity contribution is 6.05. The first-order valence-corrected chi connectivity index (χ1v) is 7.52. The van der Waals surface area contributed by atoms with Crippen LogP contribution in [0.2, 0.25) is 0 Å². The number of nitrogens with zero attached hydrogens (tertiary/aromatic N) is 1. The Morgan fingerprint density at radius 2 is 1.56 bits per heavy atom. The van der Waals surface area contributed by atoms with Gasteiger partial charge in [-0.15, -0.1) is 0 Å². The zero-order chi connectivity index (χ0) is 12.7. The van der Waals surface area contributed by atoms with Crippen LogP contribution < -0.4 is 0 Å². The van der Waals surface area contributed by atoms with E-state index in [9.17, 15) is 9.59 Å². The fraction of sp³-hybridized carbons (Fsp3) is 0.867. The lowest BCUT2D eigenvalue weighted by atomic mass is 9.89. The highest BCUT2D eigenvalue weighted by Gasteiger charge is 2.51. The first-order chi connectivity index (χ1) is 8.66. The molecule has 0 radical (unpaired) electrons. The molecule has 3 fully saturated rings. The molecule has 3 heteroatoms. The number of imide groups is 1. The molecule has 2 aliphatic carbocycles. The maximum absolute atomic E-state index is 12.3. The molecule has 0 aromatic carbocycles. The SMILES string of the molecule is CC1CC2C(=O)N(CC3CCCCC3)C(=O)C2C1. The van der Waals surface area contributed by atoms with E-state index in [4.69, 9.17) is 0 Å². The molecular weight excluding hydrogens is 226 g/mol. The van der Waals surface area contributed by atoms with E-state index >= 15 is 0 Å². The number of likely N-dealkylation sites (tertiary alicyclic amines) is 1. The molecule has 0 N–H and O–H groups in total. The van der Waals surface area contributed by atoms with Crippen molar-refractivity contribution in [2.24, 2.45) is 23.7 Å².